The van der Waals surface area contributed by atoms with Gasteiger partial charge in [0.05, 0.1) is 11.8 Å². The van der Waals surface area contributed by atoms with Gasteiger partial charge < -0.3 is 11.5 Å². The van der Waals surface area contributed by atoms with Crippen molar-refractivity contribution in [1.82, 2.24) is 14.8 Å². The molecular weight excluding hydrogens is 254 g/mol. The molecule has 0 fully saturated rings. The van der Waals surface area contributed by atoms with E-state index in [-0.39, 0.29) is 6.04 Å². The molecule has 0 aliphatic rings. The van der Waals surface area contributed by atoms with Gasteiger partial charge in [0.2, 0.25) is 0 Å². The Kier molecular flexibility index (Phi) is 4.14. The van der Waals surface area contributed by atoms with Crippen molar-refractivity contribution in [2.75, 3.05) is 0 Å². The predicted molar refractivity (Wildman–Crippen MR) is 76.6 cm³/mol. The van der Waals surface area contributed by atoms with Crippen LogP contribution >= 0.6 is 0 Å². The molecule has 6 heteroatoms. The highest BCUT2D eigenvalue weighted by molar-refractivity contribution is 5.92. The Bertz CT molecular complexity index is 620. The molecule has 106 valence electrons. The van der Waals surface area contributed by atoms with E-state index in [1.165, 1.54) is 6.20 Å². The molecule has 2 aromatic heterocycles. The quantitative estimate of drug-likeness (QED) is 0.847. The number of rotatable bonds is 5. The summed E-state index contributed by atoms with van der Waals surface area (Å²) in [7, 11) is 0. The third kappa shape index (κ3) is 3.03. The number of nitrogens with zero attached hydrogens (tertiary/aromatic N) is 3. The summed E-state index contributed by atoms with van der Waals surface area (Å²) in [6.45, 7) is 4.02. The van der Waals surface area contributed by atoms with Gasteiger partial charge in [0.15, 0.2) is 5.82 Å². The minimum absolute atomic E-state index is 0.146. The first-order chi connectivity index (χ1) is 9.51. The molecule has 0 saturated heterocycles. The van der Waals surface area contributed by atoms with E-state index in [0.717, 1.165) is 24.0 Å². The molecule has 0 aliphatic heterocycles. The molecule has 0 spiro atoms. The van der Waals surface area contributed by atoms with Gasteiger partial charge in [-0.3, -0.25) is 4.79 Å². The van der Waals surface area contributed by atoms with E-state index in [2.05, 4.69) is 17.0 Å². The average molecular weight is 273 g/mol. The first-order valence-electron chi connectivity index (χ1n) is 6.57. The number of amides is 1. The summed E-state index contributed by atoms with van der Waals surface area (Å²) >= 11 is 0. The second-order valence-corrected chi connectivity index (χ2v) is 4.89. The molecule has 0 radical (unpaired) electrons. The Morgan fingerprint density at radius 3 is 2.75 bits per heavy atom. The maximum Gasteiger partial charge on any atom is 0.251 e. The summed E-state index contributed by atoms with van der Waals surface area (Å²) < 4.78 is 1.55. The van der Waals surface area contributed by atoms with Crippen LogP contribution in [0.4, 0.5) is 0 Å². The Morgan fingerprint density at radius 2 is 2.20 bits per heavy atom. The number of hydrogen-bond donors (Lipinski definition) is 2. The number of primary amides is 1. The fourth-order valence-electron chi connectivity index (χ4n) is 1.99. The van der Waals surface area contributed by atoms with Gasteiger partial charge in [-0.1, -0.05) is 13.0 Å². The Balaban J connectivity index is 2.26. The summed E-state index contributed by atoms with van der Waals surface area (Å²) in [5.41, 5.74) is 13.6. The van der Waals surface area contributed by atoms with E-state index in [9.17, 15) is 4.79 Å². The molecule has 0 aliphatic carbocycles. The number of aryl methyl sites for hydroxylation is 1. The molecule has 6 nitrogen and oxygen atoms in total. The van der Waals surface area contributed by atoms with Gasteiger partial charge in [0, 0.05) is 18.4 Å². The van der Waals surface area contributed by atoms with Gasteiger partial charge in [-0.25, -0.2) is 9.67 Å². The van der Waals surface area contributed by atoms with Crippen LogP contribution in [-0.4, -0.2) is 26.7 Å². The Labute approximate surface area is 117 Å². The standard InChI is InChI=1S/C14H19N5O/c1-3-12(15)5-10-4-9(2)14(17-6-10)19-8-11(7-18-19)13(16)20/h4,6-8,12H,3,5,15H2,1-2H3,(H2,16,20). The molecule has 0 aromatic carbocycles. The van der Waals surface area contributed by atoms with Gasteiger partial charge >= 0.3 is 0 Å². The molecular formula is C14H19N5O. The van der Waals surface area contributed by atoms with Crippen LogP contribution in [0.2, 0.25) is 0 Å². The largest absolute Gasteiger partial charge is 0.366 e. The topological polar surface area (TPSA) is 99.8 Å². The lowest BCUT2D eigenvalue weighted by molar-refractivity contribution is 0.100. The highest BCUT2D eigenvalue weighted by atomic mass is 16.1. The van der Waals surface area contributed by atoms with Gasteiger partial charge in [-0.05, 0) is 30.9 Å². The zero-order chi connectivity index (χ0) is 14.7. The fraction of sp³-hybridized carbons (Fsp3) is 0.357. The van der Waals surface area contributed by atoms with E-state index in [1.807, 2.05) is 13.0 Å². The van der Waals surface area contributed by atoms with Crippen molar-refractivity contribution >= 4 is 5.91 Å². The van der Waals surface area contributed by atoms with Crippen molar-refractivity contribution in [2.45, 2.75) is 32.7 Å². The molecule has 1 unspecified atom stereocenters. The maximum atomic E-state index is 11.1. The molecule has 1 amide bonds. The van der Waals surface area contributed by atoms with E-state index in [4.69, 9.17) is 11.5 Å². The number of aromatic nitrogens is 3. The van der Waals surface area contributed by atoms with Crippen LogP contribution in [0.5, 0.6) is 0 Å². The van der Waals surface area contributed by atoms with Crippen molar-refractivity contribution in [3.8, 4) is 5.82 Å². The second kappa shape index (κ2) is 5.83. The summed E-state index contributed by atoms with van der Waals surface area (Å²) in [6, 6.07) is 2.19. The number of pyridine rings is 1. The lowest BCUT2D eigenvalue weighted by Gasteiger charge is -2.11. The van der Waals surface area contributed by atoms with E-state index < -0.39 is 5.91 Å². The van der Waals surface area contributed by atoms with Gasteiger partial charge in [0.1, 0.15) is 0 Å². The molecule has 0 bridgehead atoms. The minimum Gasteiger partial charge on any atom is -0.366 e. The predicted octanol–water partition coefficient (Wildman–Crippen LogP) is 0.954. The lowest BCUT2D eigenvalue weighted by Crippen LogP contribution is -2.21. The molecule has 2 heterocycles. The Morgan fingerprint density at radius 1 is 1.45 bits per heavy atom. The van der Waals surface area contributed by atoms with Crippen LogP contribution in [0.1, 0.15) is 34.8 Å². The van der Waals surface area contributed by atoms with Crippen molar-refractivity contribution in [1.29, 1.82) is 0 Å². The molecule has 20 heavy (non-hydrogen) atoms. The van der Waals surface area contributed by atoms with Crippen LogP contribution in [0, 0.1) is 6.92 Å². The van der Waals surface area contributed by atoms with Crippen LogP contribution in [0.25, 0.3) is 5.82 Å². The van der Waals surface area contributed by atoms with Crippen molar-refractivity contribution < 1.29 is 4.79 Å². The van der Waals surface area contributed by atoms with E-state index in [0.29, 0.717) is 11.4 Å². The summed E-state index contributed by atoms with van der Waals surface area (Å²) in [5, 5.41) is 4.10. The zero-order valence-corrected chi connectivity index (χ0v) is 11.7. The van der Waals surface area contributed by atoms with Crippen LogP contribution in [0.3, 0.4) is 0 Å². The summed E-state index contributed by atoms with van der Waals surface area (Å²) in [4.78, 5) is 15.5. The van der Waals surface area contributed by atoms with Gasteiger partial charge in [-0.2, -0.15) is 5.10 Å². The van der Waals surface area contributed by atoms with Crippen LogP contribution < -0.4 is 11.5 Å². The van der Waals surface area contributed by atoms with Crippen molar-refractivity contribution in [2.24, 2.45) is 11.5 Å². The zero-order valence-electron chi connectivity index (χ0n) is 11.7. The number of carbonyl (C=O) groups excluding carboxylic acids is 1. The first-order valence-corrected chi connectivity index (χ1v) is 6.57. The monoisotopic (exact) mass is 273 g/mol. The highest BCUT2D eigenvalue weighted by Gasteiger charge is 2.10. The highest BCUT2D eigenvalue weighted by Crippen LogP contribution is 2.14. The summed E-state index contributed by atoms with van der Waals surface area (Å²) in [5.74, 6) is 0.186. The summed E-state index contributed by atoms with van der Waals surface area (Å²) in [6.07, 6.45) is 6.54. The van der Waals surface area contributed by atoms with Crippen LogP contribution in [0.15, 0.2) is 24.7 Å². The molecule has 1 atom stereocenters. The fourth-order valence-corrected chi connectivity index (χ4v) is 1.99. The van der Waals surface area contributed by atoms with Crippen molar-refractivity contribution in [3.05, 3.63) is 41.3 Å². The second-order valence-electron chi connectivity index (χ2n) is 4.89. The molecule has 0 saturated carbocycles. The molecule has 4 N–H and O–H groups in total. The van der Waals surface area contributed by atoms with Gasteiger partial charge in [-0.15, -0.1) is 0 Å². The third-order valence-corrected chi connectivity index (χ3v) is 3.21. The van der Waals surface area contributed by atoms with Crippen LogP contribution in [-0.2, 0) is 6.42 Å². The lowest BCUT2D eigenvalue weighted by atomic mass is 10.1. The normalized spacial score (nSPS) is 12.3. The number of carbonyl (C=O) groups is 1. The maximum absolute atomic E-state index is 11.1. The van der Waals surface area contributed by atoms with E-state index in [1.54, 1.807) is 17.1 Å². The molecule has 2 rings (SSSR count). The molecule has 2 aromatic rings. The average Bonchev–Trinajstić information content (AvgIpc) is 2.88. The Hall–Kier alpha value is -2.21. The minimum atomic E-state index is -0.501. The third-order valence-electron chi connectivity index (χ3n) is 3.21. The number of hydrogen-bond acceptors (Lipinski definition) is 4. The SMILES string of the molecule is CCC(N)Cc1cnc(-n2cc(C(N)=O)cn2)c(C)c1. The van der Waals surface area contributed by atoms with Crippen molar-refractivity contribution in [3.63, 3.8) is 0 Å². The number of nitrogens with two attached hydrogens (primary N) is 2. The first kappa shape index (κ1) is 14.2. The smallest absolute Gasteiger partial charge is 0.251 e. The van der Waals surface area contributed by atoms with Gasteiger partial charge in [0.25, 0.3) is 5.91 Å². The van der Waals surface area contributed by atoms with E-state index >= 15 is 0 Å².